The van der Waals surface area contributed by atoms with E-state index in [9.17, 15) is 12.8 Å². The van der Waals surface area contributed by atoms with Crippen LogP contribution in [0.1, 0.15) is 16.7 Å². The SMILES string of the molecule is CS(=O)(=O)Cc1cccc(Nc2ncnc(-c3ccc(F)cc3OCc3ccc(C#N)cc3)n2)c1. The van der Waals surface area contributed by atoms with Crippen molar-refractivity contribution >= 4 is 21.5 Å². The van der Waals surface area contributed by atoms with E-state index in [-0.39, 0.29) is 29.9 Å². The summed E-state index contributed by atoms with van der Waals surface area (Å²) in [6, 6.07) is 19.9. The van der Waals surface area contributed by atoms with Crippen molar-refractivity contribution in [2.75, 3.05) is 11.6 Å². The zero-order valence-corrected chi connectivity index (χ0v) is 19.5. The molecule has 4 rings (SSSR count). The van der Waals surface area contributed by atoms with Crippen LogP contribution in [0.5, 0.6) is 5.75 Å². The van der Waals surface area contributed by atoms with Gasteiger partial charge >= 0.3 is 0 Å². The molecule has 0 aliphatic rings. The summed E-state index contributed by atoms with van der Waals surface area (Å²) in [5.74, 6) is 0.194. The number of hydrogen-bond acceptors (Lipinski definition) is 8. The highest BCUT2D eigenvalue weighted by molar-refractivity contribution is 7.89. The quantitative estimate of drug-likeness (QED) is 0.387. The predicted octanol–water partition coefficient (Wildman–Crippen LogP) is 4.42. The number of hydrogen-bond donors (Lipinski definition) is 1. The van der Waals surface area contributed by atoms with Crippen LogP contribution in [0.25, 0.3) is 11.4 Å². The molecule has 8 nitrogen and oxygen atoms in total. The standard InChI is InChI=1S/C25H20FN5O3S/c1-35(32,33)15-19-3-2-4-21(11-19)30-25-29-16-28-24(31-25)22-10-9-20(26)12-23(22)34-14-18-7-5-17(13-27)6-8-18/h2-12,16H,14-15H2,1H3,(H,28,29,30,31). The lowest BCUT2D eigenvalue weighted by atomic mass is 10.1. The minimum Gasteiger partial charge on any atom is -0.488 e. The molecule has 176 valence electrons. The van der Waals surface area contributed by atoms with Crippen molar-refractivity contribution in [2.24, 2.45) is 0 Å². The van der Waals surface area contributed by atoms with Gasteiger partial charge in [0.2, 0.25) is 5.95 Å². The van der Waals surface area contributed by atoms with Crippen LogP contribution in [0.15, 0.2) is 73.1 Å². The molecule has 1 heterocycles. The zero-order chi connectivity index (χ0) is 24.8. The Labute approximate surface area is 202 Å². The molecule has 1 N–H and O–H groups in total. The highest BCUT2D eigenvalue weighted by Crippen LogP contribution is 2.30. The first-order valence-electron chi connectivity index (χ1n) is 10.4. The van der Waals surface area contributed by atoms with Gasteiger partial charge in [0, 0.05) is 18.0 Å². The lowest BCUT2D eigenvalue weighted by Crippen LogP contribution is -2.04. The maximum Gasteiger partial charge on any atom is 0.230 e. The van der Waals surface area contributed by atoms with Crippen molar-refractivity contribution in [1.29, 1.82) is 5.26 Å². The lowest BCUT2D eigenvalue weighted by molar-refractivity contribution is 0.305. The number of nitriles is 1. The third-order valence-corrected chi connectivity index (χ3v) is 5.70. The van der Waals surface area contributed by atoms with Gasteiger partial charge in [-0.15, -0.1) is 0 Å². The Hall–Kier alpha value is -4.36. The smallest absolute Gasteiger partial charge is 0.230 e. The second kappa shape index (κ2) is 10.3. The van der Waals surface area contributed by atoms with Crippen molar-refractivity contribution in [3.05, 3.63) is 95.6 Å². The topological polar surface area (TPSA) is 118 Å². The molecule has 0 aliphatic carbocycles. The number of aromatic nitrogens is 3. The van der Waals surface area contributed by atoms with Gasteiger partial charge in [0.05, 0.1) is 22.9 Å². The maximum atomic E-state index is 14.0. The average molecular weight is 490 g/mol. The molecule has 0 saturated carbocycles. The Bertz CT molecular complexity index is 1500. The molecule has 0 bridgehead atoms. The summed E-state index contributed by atoms with van der Waals surface area (Å²) in [5, 5.41) is 12.0. The molecule has 0 spiro atoms. The van der Waals surface area contributed by atoms with Crippen LogP contribution < -0.4 is 10.1 Å². The van der Waals surface area contributed by atoms with E-state index < -0.39 is 15.7 Å². The van der Waals surface area contributed by atoms with Crippen LogP contribution in [0, 0.1) is 17.1 Å². The summed E-state index contributed by atoms with van der Waals surface area (Å²) < 4.78 is 43.0. The Kier molecular flexibility index (Phi) is 6.98. The molecule has 1 aromatic heterocycles. The van der Waals surface area contributed by atoms with E-state index in [0.717, 1.165) is 5.56 Å². The molecule has 4 aromatic rings. The number of benzene rings is 3. The Morgan fingerprint density at radius 2 is 1.83 bits per heavy atom. The molecule has 10 heteroatoms. The Balaban J connectivity index is 1.56. The van der Waals surface area contributed by atoms with E-state index in [0.29, 0.717) is 22.4 Å². The minimum absolute atomic E-state index is 0.0828. The molecule has 0 atom stereocenters. The molecule has 3 aromatic carbocycles. The molecule has 0 radical (unpaired) electrons. The normalized spacial score (nSPS) is 11.0. The van der Waals surface area contributed by atoms with Crippen molar-refractivity contribution in [2.45, 2.75) is 12.4 Å². The first-order chi connectivity index (χ1) is 16.8. The van der Waals surface area contributed by atoms with Crippen LogP contribution >= 0.6 is 0 Å². The van der Waals surface area contributed by atoms with Gasteiger partial charge in [-0.1, -0.05) is 24.3 Å². The molecular weight excluding hydrogens is 469 g/mol. The summed E-state index contributed by atoms with van der Waals surface area (Å²) in [5.41, 5.74) is 3.05. The van der Waals surface area contributed by atoms with Gasteiger partial charge in [-0.25, -0.2) is 22.8 Å². The van der Waals surface area contributed by atoms with E-state index >= 15 is 0 Å². The van der Waals surface area contributed by atoms with Gasteiger partial charge in [-0.3, -0.25) is 0 Å². The molecule has 0 saturated heterocycles. The van der Waals surface area contributed by atoms with E-state index in [2.05, 4.69) is 26.3 Å². The highest BCUT2D eigenvalue weighted by Gasteiger charge is 2.13. The number of halogens is 1. The molecule has 0 amide bonds. The van der Waals surface area contributed by atoms with Crippen molar-refractivity contribution in [3.8, 4) is 23.2 Å². The van der Waals surface area contributed by atoms with E-state index in [4.69, 9.17) is 10.00 Å². The second-order valence-electron chi connectivity index (χ2n) is 7.77. The molecule has 0 unspecified atom stereocenters. The van der Waals surface area contributed by atoms with Crippen molar-refractivity contribution < 1.29 is 17.5 Å². The first-order valence-corrected chi connectivity index (χ1v) is 12.5. The summed E-state index contributed by atoms with van der Waals surface area (Å²) in [6.45, 7) is 0.158. The lowest BCUT2D eigenvalue weighted by Gasteiger charge is -2.12. The Morgan fingerprint density at radius 1 is 1.03 bits per heavy atom. The molecule has 0 aliphatic heterocycles. The zero-order valence-electron chi connectivity index (χ0n) is 18.6. The number of nitrogens with zero attached hydrogens (tertiary/aromatic N) is 4. The van der Waals surface area contributed by atoms with Gasteiger partial charge < -0.3 is 10.1 Å². The fourth-order valence-electron chi connectivity index (χ4n) is 3.29. The minimum atomic E-state index is -3.17. The Morgan fingerprint density at radius 3 is 2.57 bits per heavy atom. The van der Waals surface area contributed by atoms with Crippen LogP contribution in [-0.2, 0) is 22.2 Å². The van der Waals surface area contributed by atoms with E-state index in [1.165, 1.54) is 30.8 Å². The number of nitrogens with one attached hydrogen (secondary N) is 1. The van der Waals surface area contributed by atoms with Gasteiger partial charge in [0.1, 0.15) is 24.5 Å². The summed E-state index contributed by atoms with van der Waals surface area (Å²) >= 11 is 0. The van der Waals surface area contributed by atoms with Crippen LogP contribution in [-0.4, -0.2) is 29.6 Å². The average Bonchev–Trinajstić information content (AvgIpc) is 2.82. The van der Waals surface area contributed by atoms with Crippen LogP contribution in [0.2, 0.25) is 0 Å². The van der Waals surface area contributed by atoms with Crippen molar-refractivity contribution in [3.63, 3.8) is 0 Å². The predicted molar refractivity (Wildman–Crippen MR) is 129 cm³/mol. The van der Waals surface area contributed by atoms with Gasteiger partial charge in [0.25, 0.3) is 0 Å². The number of rotatable bonds is 8. The molecule has 0 fully saturated rings. The summed E-state index contributed by atoms with van der Waals surface area (Å²) in [6.07, 6.45) is 2.49. The van der Waals surface area contributed by atoms with E-state index in [1.54, 1.807) is 48.5 Å². The van der Waals surface area contributed by atoms with Crippen LogP contribution in [0.3, 0.4) is 0 Å². The maximum absolute atomic E-state index is 14.0. The van der Waals surface area contributed by atoms with Crippen molar-refractivity contribution in [1.82, 2.24) is 15.0 Å². The highest BCUT2D eigenvalue weighted by atomic mass is 32.2. The van der Waals surface area contributed by atoms with Gasteiger partial charge in [-0.2, -0.15) is 10.2 Å². The number of sulfone groups is 1. The third-order valence-electron chi connectivity index (χ3n) is 4.85. The van der Waals surface area contributed by atoms with Gasteiger partial charge in [0.15, 0.2) is 15.7 Å². The van der Waals surface area contributed by atoms with Gasteiger partial charge in [-0.05, 0) is 47.5 Å². The second-order valence-corrected chi connectivity index (χ2v) is 9.91. The molecule has 35 heavy (non-hydrogen) atoms. The fourth-order valence-corrected chi connectivity index (χ4v) is 4.08. The summed E-state index contributed by atoms with van der Waals surface area (Å²) in [7, 11) is -3.17. The monoisotopic (exact) mass is 489 g/mol. The fraction of sp³-hybridized carbons (Fsp3) is 0.120. The number of anilines is 2. The largest absolute Gasteiger partial charge is 0.488 e. The van der Waals surface area contributed by atoms with Crippen LogP contribution in [0.4, 0.5) is 16.0 Å². The molecular formula is C25H20FN5O3S. The third kappa shape index (κ3) is 6.59. The first kappa shape index (κ1) is 23.8. The number of ether oxygens (including phenoxy) is 1. The van der Waals surface area contributed by atoms with E-state index in [1.807, 2.05) is 0 Å². The summed E-state index contributed by atoms with van der Waals surface area (Å²) in [4.78, 5) is 12.8.